The number of anilines is 1. The molecule has 1 saturated heterocycles. The molecule has 0 unspecified atom stereocenters. The molecule has 1 aliphatic rings. The Kier molecular flexibility index (Phi) is 7.78. The summed E-state index contributed by atoms with van der Waals surface area (Å²) in [7, 11) is 1.83. The van der Waals surface area contributed by atoms with Crippen LogP contribution in [-0.2, 0) is 18.4 Å². The van der Waals surface area contributed by atoms with Gasteiger partial charge in [0.2, 0.25) is 5.91 Å². The van der Waals surface area contributed by atoms with Crippen LogP contribution in [0.4, 0.5) is 10.1 Å². The second kappa shape index (κ2) is 9.85. The lowest BCUT2D eigenvalue weighted by Crippen LogP contribution is -2.55. The highest BCUT2D eigenvalue weighted by atomic mass is 127. The van der Waals surface area contributed by atoms with Crippen molar-refractivity contribution >= 4 is 41.5 Å². The summed E-state index contributed by atoms with van der Waals surface area (Å²) >= 11 is 0. The van der Waals surface area contributed by atoms with Crippen LogP contribution in [0, 0.1) is 12.7 Å². The summed E-state index contributed by atoms with van der Waals surface area (Å²) in [5, 5.41) is 7.37. The molecule has 9 heteroatoms. The van der Waals surface area contributed by atoms with Gasteiger partial charge in [-0.2, -0.15) is 5.10 Å². The summed E-state index contributed by atoms with van der Waals surface area (Å²) in [6, 6.07) is 5.00. The summed E-state index contributed by atoms with van der Waals surface area (Å²) < 4.78 is 15.1. The smallest absolute Gasteiger partial charge is 0.246 e. The van der Waals surface area contributed by atoms with E-state index in [1.165, 1.54) is 6.07 Å². The van der Waals surface area contributed by atoms with Crippen molar-refractivity contribution in [2.24, 2.45) is 12.0 Å². The summed E-state index contributed by atoms with van der Waals surface area (Å²) in [6.45, 7) is 6.37. The molecule has 0 radical (unpaired) electrons. The molecule has 1 aromatic carbocycles. The molecule has 28 heavy (non-hydrogen) atoms. The number of rotatable bonds is 4. The van der Waals surface area contributed by atoms with Crippen molar-refractivity contribution in [3.8, 4) is 0 Å². The van der Waals surface area contributed by atoms with Gasteiger partial charge in [-0.15, -0.1) is 24.0 Å². The third kappa shape index (κ3) is 5.21. The van der Waals surface area contributed by atoms with Crippen molar-refractivity contribution < 1.29 is 9.18 Å². The molecule has 1 aliphatic heterocycles. The van der Waals surface area contributed by atoms with E-state index >= 15 is 0 Å². The van der Waals surface area contributed by atoms with Crippen molar-refractivity contribution in [2.45, 2.75) is 20.4 Å². The van der Waals surface area contributed by atoms with Crippen LogP contribution in [0.3, 0.4) is 0 Å². The summed E-state index contributed by atoms with van der Waals surface area (Å²) in [5.41, 5.74) is 2.35. The predicted molar refractivity (Wildman–Crippen MR) is 119 cm³/mol. The van der Waals surface area contributed by atoms with E-state index in [-0.39, 0.29) is 42.2 Å². The second-order valence-electron chi connectivity index (χ2n) is 6.59. The lowest BCUT2D eigenvalue weighted by atomic mass is 10.1. The molecule has 3 rings (SSSR count). The minimum absolute atomic E-state index is 0. The number of nitrogens with one attached hydrogen (secondary N) is 1. The molecule has 0 aliphatic carbocycles. The molecule has 7 nitrogen and oxygen atoms in total. The van der Waals surface area contributed by atoms with Gasteiger partial charge in [0.1, 0.15) is 12.4 Å². The SMILES string of the molecule is CCNC(=NCc1ccc(F)c(C)c1)N1CCN(c2cnn(C)c2)C(=O)C1.I. The Morgan fingerprint density at radius 3 is 2.75 bits per heavy atom. The lowest BCUT2D eigenvalue weighted by molar-refractivity contribution is -0.120. The number of aromatic nitrogens is 2. The molecule has 0 saturated carbocycles. The first kappa shape index (κ1) is 22.1. The minimum Gasteiger partial charge on any atom is -0.356 e. The minimum atomic E-state index is -0.216. The van der Waals surface area contributed by atoms with Gasteiger partial charge in [-0.3, -0.25) is 9.48 Å². The molecule has 0 spiro atoms. The van der Waals surface area contributed by atoms with E-state index in [0.29, 0.717) is 37.7 Å². The van der Waals surface area contributed by atoms with Gasteiger partial charge in [-0.05, 0) is 31.0 Å². The topological polar surface area (TPSA) is 65.8 Å². The molecule has 2 heterocycles. The largest absolute Gasteiger partial charge is 0.356 e. The van der Waals surface area contributed by atoms with Gasteiger partial charge in [0.25, 0.3) is 0 Å². The maximum atomic E-state index is 13.4. The fourth-order valence-electron chi connectivity index (χ4n) is 3.07. The number of carbonyl (C=O) groups excluding carboxylic acids is 1. The molecule has 1 fully saturated rings. The number of benzene rings is 1. The predicted octanol–water partition coefficient (Wildman–Crippen LogP) is 2.30. The van der Waals surface area contributed by atoms with Crippen molar-refractivity contribution in [3.05, 3.63) is 47.5 Å². The molecule has 1 aromatic heterocycles. The van der Waals surface area contributed by atoms with Gasteiger partial charge in [-0.25, -0.2) is 9.38 Å². The van der Waals surface area contributed by atoms with E-state index < -0.39 is 0 Å². The van der Waals surface area contributed by atoms with Gasteiger partial charge < -0.3 is 15.1 Å². The Labute approximate surface area is 181 Å². The zero-order chi connectivity index (χ0) is 19.4. The van der Waals surface area contributed by atoms with Gasteiger partial charge in [0, 0.05) is 32.9 Å². The molecular formula is C19H26FIN6O. The van der Waals surface area contributed by atoms with Gasteiger partial charge in [0.05, 0.1) is 18.4 Å². The van der Waals surface area contributed by atoms with E-state index in [1.54, 1.807) is 34.8 Å². The highest BCUT2D eigenvalue weighted by Crippen LogP contribution is 2.16. The van der Waals surface area contributed by atoms with Crippen molar-refractivity contribution in [1.82, 2.24) is 20.0 Å². The maximum Gasteiger partial charge on any atom is 0.246 e. The number of guanidine groups is 1. The summed E-state index contributed by atoms with van der Waals surface area (Å²) in [4.78, 5) is 20.9. The molecule has 152 valence electrons. The molecule has 0 bridgehead atoms. The summed E-state index contributed by atoms with van der Waals surface area (Å²) in [6.07, 6.45) is 3.54. The molecule has 1 N–H and O–H groups in total. The highest BCUT2D eigenvalue weighted by molar-refractivity contribution is 14.0. The Hall–Kier alpha value is -2.17. The number of hydrogen-bond donors (Lipinski definition) is 1. The Bertz CT molecular complexity index is 853. The fourth-order valence-corrected chi connectivity index (χ4v) is 3.07. The van der Waals surface area contributed by atoms with Crippen LogP contribution in [0.2, 0.25) is 0 Å². The van der Waals surface area contributed by atoms with Crippen LogP contribution in [-0.4, -0.2) is 52.7 Å². The van der Waals surface area contributed by atoms with E-state index in [9.17, 15) is 9.18 Å². The van der Waals surface area contributed by atoms with Crippen LogP contribution < -0.4 is 10.2 Å². The first-order valence-corrected chi connectivity index (χ1v) is 9.05. The number of piperazine rings is 1. The Balaban J connectivity index is 0.00000280. The quantitative estimate of drug-likeness (QED) is 0.398. The first-order valence-electron chi connectivity index (χ1n) is 9.05. The second-order valence-corrected chi connectivity index (χ2v) is 6.59. The number of aryl methyl sites for hydroxylation is 2. The summed E-state index contributed by atoms with van der Waals surface area (Å²) in [5.74, 6) is 0.489. The fraction of sp³-hybridized carbons (Fsp3) is 0.421. The average molecular weight is 500 g/mol. The zero-order valence-corrected chi connectivity index (χ0v) is 18.7. The monoisotopic (exact) mass is 500 g/mol. The van der Waals surface area contributed by atoms with Gasteiger partial charge in [-0.1, -0.05) is 12.1 Å². The molecule has 1 amide bonds. The third-order valence-corrected chi connectivity index (χ3v) is 4.49. The van der Waals surface area contributed by atoms with Gasteiger partial charge >= 0.3 is 0 Å². The van der Waals surface area contributed by atoms with E-state index in [4.69, 9.17) is 0 Å². The maximum absolute atomic E-state index is 13.4. The number of carbonyl (C=O) groups is 1. The first-order chi connectivity index (χ1) is 13.0. The number of amides is 1. The van der Waals surface area contributed by atoms with Crippen LogP contribution >= 0.6 is 24.0 Å². The van der Waals surface area contributed by atoms with Crippen molar-refractivity contribution in [2.75, 3.05) is 31.1 Å². The standard InChI is InChI=1S/C19H25FN6O.HI/c1-4-21-19(22-10-15-5-6-17(20)14(2)9-15)25-7-8-26(18(27)13-25)16-11-23-24(3)12-16;/h5-6,9,11-12H,4,7-8,10,13H2,1-3H3,(H,21,22);1H. The van der Waals surface area contributed by atoms with Crippen LogP contribution in [0.15, 0.2) is 35.6 Å². The average Bonchev–Trinajstić information content (AvgIpc) is 3.07. The molecular weight excluding hydrogens is 474 g/mol. The van der Waals surface area contributed by atoms with Crippen molar-refractivity contribution in [1.29, 1.82) is 0 Å². The Morgan fingerprint density at radius 2 is 2.14 bits per heavy atom. The van der Waals surface area contributed by atoms with Crippen molar-refractivity contribution in [3.63, 3.8) is 0 Å². The molecule has 0 atom stereocenters. The van der Waals surface area contributed by atoms with Crippen LogP contribution in [0.25, 0.3) is 0 Å². The number of nitrogens with zero attached hydrogens (tertiary/aromatic N) is 5. The number of aliphatic imine (C=N–C) groups is 1. The zero-order valence-electron chi connectivity index (χ0n) is 16.4. The highest BCUT2D eigenvalue weighted by Gasteiger charge is 2.27. The van der Waals surface area contributed by atoms with E-state index in [2.05, 4.69) is 15.4 Å². The third-order valence-electron chi connectivity index (χ3n) is 4.49. The number of halogens is 2. The molecule has 2 aromatic rings. The van der Waals surface area contributed by atoms with Crippen LogP contribution in [0.5, 0.6) is 0 Å². The van der Waals surface area contributed by atoms with E-state index in [1.807, 2.05) is 25.1 Å². The normalized spacial score (nSPS) is 14.9. The Morgan fingerprint density at radius 1 is 1.36 bits per heavy atom. The van der Waals surface area contributed by atoms with Gasteiger partial charge in [0.15, 0.2) is 5.96 Å². The van der Waals surface area contributed by atoms with Crippen LogP contribution in [0.1, 0.15) is 18.1 Å². The van der Waals surface area contributed by atoms with E-state index in [0.717, 1.165) is 11.3 Å². The lowest BCUT2D eigenvalue weighted by Gasteiger charge is -2.35. The number of hydrogen-bond acceptors (Lipinski definition) is 3.